The molecule has 4 rings (SSSR count). The first-order chi connectivity index (χ1) is 13.6. The minimum Gasteiger partial charge on any atom is -0.465 e. The normalized spacial score (nSPS) is 25.8. The van der Waals surface area contributed by atoms with Gasteiger partial charge in [-0.1, -0.05) is 6.07 Å². The van der Waals surface area contributed by atoms with Crippen molar-refractivity contribution in [2.75, 3.05) is 13.2 Å². The third-order valence-electron chi connectivity index (χ3n) is 6.09. The molecule has 3 atom stereocenters. The van der Waals surface area contributed by atoms with Crippen molar-refractivity contribution in [3.8, 4) is 0 Å². The highest BCUT2D eigenvalue weighted by Crippen LogP contribution is 2.40. The second-order valence-corrected chi connectivity index (χ2v) is 7.89. The highest BCUT2D eigenvalue weighted by atomic mass is 16.5. The topological polar surface area (TPSA) is 70.4 Å². The number of aromatic nitrogens is 2. The minimum atomic E-state index is -0.603. The second-order valence-electron chi connectivity index (χ2n) is 7.89. The lowest BCUT2D eigenvalue weighted by Crippen LogP contribution is -2.31. The van der Waals surface area contributed by atoms with E-state index in [1.807, 2.05) is 10.9 Å². The molecule has 6 nitrogen and oxygen atoms in total. The van der Waals surface area contributed by atoms with Gasteiger partial charge in [0.1, 0.15) is 11.7 Å². The number of carbonyl (C=O) groups is 2. The largest absolute Gasteiger partial charge is 0.465 e. The number of fused-ring (bicyclic) bond motifs is 1. The Hall–Kier alpha value is -2.21. The van der Waals surface area contributed by atoms with Crippen LogP contribution in [0, 0.1) is 12.8 Å². The number of esters is 1. The van der Waals surface area contributed by atoms with Crippen LogP contribution in [0.4, 0.5) is 0 Å². The molecule has 2 aromatic rings. The molecular formula is C22H28N2O4. The van der Waals surface area contributed by atoms with E-state index < -0.39 is 5.92 Å². The summed E-state index contributed by atoms with van der Waals surface area (Å²) in [7, 11) is 0. The Morgan fingerprint density at radius 2 is 2.14 bits per heavy atom. The second kappa shape index (κ2) is 8.03. The highest BCUT2D eigenvalue weighted by Gasteiger charge is 2.36. The van der Waals surface area contributed by atoms with Crippen molar-refractivity contribution >= 4 is 22.7 Å². The lowest BCUT2D eigenvalue weighted by Gasteiger charge is -2.28. The van der Waals surface area contributed by atoms with E-state index in [4.69, 9.17) is 9.47 Å². The molecule has 0 radical (unpaired) electrons. The van der Waals surface area contributed by atoms with Crippen LogP contribution in [0.2, 0.25) is 0 Å². The lowest BCUT2D eigenvalue weighted by atomic mass is 9.76. The van der Waals surface area contributed by atoms with Crippen LogP contribution in [0.3, 0.4) is 0 Å². The molecular weight excluding hydrogens is 356 g/mol. The summed E-state index contributed by atoms with van der Waals surface area (Å²) in [6.07, 6.45) is 6.87. The molecule has 2 heterocycles. The van der Waals surface area contributed by atoms with Crippen LogP contribution in [-0.2, 0) is 19.1 Å². The minimum absolute atomic E-state index is 0.00545. The summed E-state index contributed by atoms with van der Waals surface area (Å²) >= 11 is 0. The summed E-state index contributed by atoms with van der Waals surface area (Å²) in [5, 5.41) is 5.73. The van der Waals surface area contributed by atoms with Gasteiger partial charge in [0.2, 0.25) is 0 Å². The molecule has 1 saturated carbocycles. The van der Waals surface area contributed by atoms with Crippen LogP contribution in [0.15, 0.2) is 18.3 Å². The molecule has 0 amide bonds. The van der Waals surface area contributed by atoms with Gasteiger partial charge in [-0.2, -0.15) is 5.10 Å². The molecule has 2 aliphatic rings. The van der Waals surface area contributed by atoms with Crippen LogP contribution < -0.4 is 0 Å². The fourth-order valence-electron chi connectivity index (χ4n) is 4.69. The molecule has 150 valence electrons. The zero-order valence-electron chi connectivity index (χ0n) is 16.6. The Kier molecular flexibility index (Phi) is 5.49. The van der Waals surface area contributed by atoms with E-state index in [0.717, 1.165) is 43.2 Å². The number of hydrogen-bond acceptors (Lipinski definition) is 5. The van der Waals surface area contributed by atoms with Crippen molar-refractivity contribution in [1.82, 2.24) is 9.78 Å². The number of carbonyl (C=O) groups excluding carboxylic acids is 2. The van der Waals surface area contributed by atoms with E-state index in [1.165, 1.54) is 11.1 Å². The quantitative estimate of drug-likeness (QED) is 0.587. The summed E-state index contributed by atoms with van der Waals surface area (Å²) in [4.78, 5) is 24.7. The van der Waals surface area contributed by atoms with Crippen LogP contribution >= 0.6 is 0 Å². The number of rotatable bonds is 4. The summed E-state index contributed by atoms with van der Waals surface area (Å²) in [6.45, 7) is 4.95. The molecule has 1 aromatic heterocycles. The van der Waals surface area contributed by atoms with E-state index in [1.54, 1.807) is 6.92 Å². The molecule has 3 unspecified atom stereocenters. The van der Waals surface area contributed by atoms with E-state index in [0.29, 0.717) is 19.4 Å². The van der Waals surface area contributed by atoms with Crippen LogP contribution in [0.5, 0.6) is 0 Å². The van der Waals surface area contributed by atoms with Gasteiger partial charge in [-0.15, -0.1) is 0 Å². The SMILES string of the molecule is CCOC(=O)C1CCC(c2c(C)ccc3c2cnn3C2CCCCO2)CC1=O. The first kappa shape index (κ1) is 19.1. The zero-order valence-corrected chi connectivity index (χ0v) is 16.6. The van der Waals surface area contributed by atoms with Gasteiger partial charge in [0, 0.05) is 18.4 Å². The molecule has 0 N–H and O–H groups in total. The molecule has 2 fully saturated rings. The smallest absolute Gasteiger partial charge is 0.316 e. The molecule has 1 saturated heterocycles. The molecule has 28 heavy (non-hydrogen) atoms. The predicted molar refractivity (Wildman–Crippen MR) is 105 cm³/mol. The molecule has 1 aliphatic carbocycles. The van der Waals surface area contributed by atoms with Gasteiger partial charge >= 0.3 is 5.97 Å². The van der Waals surface area contributed by atoms with Crippen molar-refractivity contribution in [3.63, 3.8) is 0 Å². The Balaban J connectivity index is 1.62. The van der Waals surface area contributed by atoms with Gasteiger partial charge in [0.05, 0.1) is 18.3 Å². The molecule has 6 heteroatoms. The number of Topliss-reactive ketones (excluding diaryl/α,β-unsaturated/α-hetero) is 1. The Morgan fingerprint density at radius 1 is 1.29 bits per heavy atom. The van der Waals surface area contributed by atoms with Crippen molar-refractivity contribution < 1.29 is 19.1 Å². The van der Waals surface area contributed by atoms with Crippen molar-refractivity contribution in [3.05, 3.63) is 29.5 Å². The van der Waals surface area contributed by atoms with E-state index in [2.05, 4.69) is 24.2 Å². The first-order valence-corrected chi connectivity index (χ1v) is 10.4. The van der Waals surface area contributed by atoms with Crippen LogP contribution in [0.1, 0.15) is 68.7 Å². The van der Waals surface area contributed by atoms with Gasteiger partial charge < -0.3 is 9.47 Å². The maximum Gasteiger partial charge on any atom is 0.316 e. The third kappa shape index (κ3) is 3.46. The molecule has 1 aliphatic heterocycles. The predicted octanol–water partition coefficient (Wildman–Crippen LogP) is 4.06. The average molecular weight is 384 g/mol. The molecule has 1 aromatic carbocycles. The third-order valence-corrected chi connectivity index (χ3v) is 6.09. The number of ether oxygens (including phenoxy) is 2. The van der Waals surface area contributed by atoms with Crippen molar-refractivity contribution in [2.24, 2.45) is 5.92 Å². The lowest BCUT2D eigenvalue weighted by molar-refractivity contribution is -0.152. The van der Waals surface area contributed by atoms with Crippen LogP contribution in [-0.4, -0.2) is 34.7 Å². The fraction of sp³-hybridized carbons (Fsp3) is 0.591. The first-order valence-electron chi connectivity index (χ1n) is 10.4. The number of hydrogen-bond donors (Lipinski definition) is 0. The van der Waals surface area contributed by atoms with Gasteiger partial charge in [-0.3, -0.25) is 9.59 Å². The van der Waals surface area contributed by atoms with Gasteiger partial charge in [-0.25, -0.2) is 4.68 Å². The average Bonchev–Trinajstić information content (AvgIpc) is 3.12. The zero-order chi connectivity index (χ0) is 19.7. The molecule has 0 spiro atoms. The summed E-state index contributed by atoms with van der Waals surface area (Å²) in [6, 6.07) is 4.21. The number of benzene rings is 1. The Labute approximate surface area is 165 Å². The molecule has 0 bridgehead atoms. The van der Waals surface area contributed by atoms with Crippen LogP contribution in [0.25, 0.3) is 10.9 Å². The van der Waals surface area contributed by atoms with E-state index in [-0.39, 0.29) is 23.9 Å². The standard InChI is InChI=1S/C22H28N2O4/c1-3-27-22(26)16-9-8-15(12-19(16)25)21-14(2)7-10-18-17(21)13-23-24(18)20-6-4-5-11-28-20/h7,10,13,15-16,20H,3-6,8-9,11-12H2,1-2H3. The summed E-state index contributed by atoms with van der Waals surface area (Å²) in [5.74, 6) is -0.863. The number of ketones is 1. The maximum atomic E-state index is 12.7. The summed E-state index contributed by atoms with van der Waals surface area (Å²) in [5.41, 5.74) is 3.42. The fourth-order valence-corrected chi connectivity index (χ4v) is 4.69. The number of aryl methyl sites for hydroxylation is 1. The monoisotopic (exact) mass is 384 g/mol. The Morgan fingerprint density at radius 3 is 2.86 bits per heavy atom. The maximum absolute atomic E-state index is 12.7. The van der Waals surface area contributed by atoms with Gasteiger partial charge in [0.25, 0.3) is 0 Å². The van der Waals surface area contributed by atoms with Gasteiger partial charge in [-0.05, 0) is 69.1 Å². The van der Waals surface area contributed by atoms with Gasteiger partial charge in [0.15, 0.2) is 6.23 Å². The Bertz CT molecular complexity index is 882. The van der Waals surface area contributed by atoms with Crippen molar-refractivity contribution in [2.45, 2.75) is 64.5 Å². The van der Waals surface area contributed by atoms with E-state index in [9.17, 15) is 9.59 Å². The highest BCUT2D eigenvalue weighted by molar-refractivity contribution is 6.00. The van der Waals surface area contributed by atoms with E-state index >= 15 is 0 Å². The van der Waals surface area contributed by atoms with Crippen molar-refractivity contribution in [1.29, 1.82) is 0 Å². The summed E-state index contributed by atoms with van der Waals surface area (Å²) < 4.78 is 13.0. The number of nitrogens with zero attached hydrogens (tertiary/aromatic N) is 2.